The van der Waals surface area contributed by atoms with E-state index in [9.17, 15) is 20.2 Å². The lowest BCUT2D eigenvalue weighted by atomic mass is 10.2. The number of non-ortho nitro benzene ring substituents is 1. The van der Waals surface area contributed by atoms with Crippen molar-refractivity contribution < 1.29 is 9.72 Å². The van der Waals surface area contributed by atoms with Crippen molar-refractivity contribution in [2.75, 3.05) is 23.3 Å². The van der Waals surface area contributed by atoms with Crippen LogP contribution in [0.2, 0.25) is 0 Å². The van der Waals surface area contributed by atoms with Crippen molar-refractivity contribution in [1.29, 1.82) is 5.26 Å². The SMILES string of the molecule is CCCN(CC)c1ccc(/N=N/c2c(Br)cc([N+](=O)[O-])cc2C#N)c(NC(=O)CC)c1. The number of nitro benzene ring substituents is 1. The average Bonchev–Trinajstić information content (AvgIpc) is 2.76. The number of nitriles is 1. The second-order valence-corrected chi connectivity index (χ2v) is 7.43. The minimum absolute atomic E-state index is 0.0145. The molecule has 0 bridgehead atoms. The van der Waals surface area contributed by atoms with Crippen LogP contribution in [-0.4, -0.2) is 23.9 Å². The van der Waals surface area contributed by atoms with Gasteiger partial charge in [0.25, 0.3) is 5.69 Å². The number of carbonyl (C=O) groups excluding carboxylic acids is 1. The average molecular weight is 487 g/mol. The lowest BCUT2D eigenvalue weighted by Crippen LogP contribution is -2.23. The molecule has 2 rings (SSSR count). The third kappa shape index (κ3) is 6.08. The molecular weight excluding hydrogens is 464 g/mol. The van der Waals surface area contributed by atoms with E-state index in [1.54, 1.807) is 13.0 Å². The topological polar surface area (TPSA) is 124 Å². The first-order valence-electron chi connectivity index (χ1n) is 9.83. The quantitative estimate of drug-likeness (QED) is 0.255. The summed E-state index contributed by atoms with van der Waals surface area (Å²) in [5.41, 5.74) is 1.82. The summed E-state index contributed by atoms with van der Waals surface area (Å²) in [6.45, 7) is 7.60. The highest BCUT2D eigenvalue weighted by atomic mass is 79.9. The molecule has 162 valence electrons. The molecule has 2 aromatic carbocycles. The molecule has 0 spiro atoms. The molecular formula is C21H23BrN6O3. The van der Waals surface area contributed by atoms with Gasteiger partial charge in [0.2, 0.25) is 5.91 Å². The Hall–Kier alpha value is -3.32. The Morgan fingerprint density at radius 2 is 2.00 bits per heavy atom. The molecule has 0 aliphatic heterocycles. The van der Waals surface area contributed by atoms with Gasteiger partial charge >= 0.3 is 0 Å². The molecule has 0 aliphatic rings. The second-order valence-electron chi connectivity index (χ2n) is 6.58. The van der Waals surface area contributed by atoms with Crippen molar-refractivity contribution in [2.24, 2.45) is 10.2 Å². The zero-order valence-corrected chi connectivity index (χ0v) is 19.1. The first-order valence-corrected chi connectivity index (χ1v) is 10.6. The summed E-state index contributed by atoms with van der Waals surface area (Å²) in [6, 6.07) is 9.80. The number of nitro groups is 1. The first kappa shape index (κ1) is 24.0. The van der Waals surface area contributed by atoms with Crippen molar-refractivity contribution in [3.63, 3.8) is 0 Å². The fourth-order valence-electron chi connectivity index (χ4n) is 2.87. The van der Waals surface area contributed by atoms with Gasteiger partial charge < -0.3 is 10.2 Å². The predicted molar refractivity (Wildman–Crippen MR) is 123 cm³/mol. The molecule has 10 heteroatoms. The van der Waals surface area contributed by atoms with Crippen LogP contribution in [0, 0.1) is 21.4 Å². The van der Waals surface area contributed by atoms with Gasteiger partial charge in [0.05, 0.1) is 20.6 Å². The van der Waals surface area contributed by atoms with Crippen LogP contribution in [0.4, 0.5) is 28.4 Å². The molecule has 0 fully saturated rings. The van der Waals surface area contributed by atoms with E-state index in [2.05, 4.69) is 50.2 Å². The molecule has 0 saturated heterocycles. The Labute approximate surface area is 189 Å². The fourth-order valence-corrected chi connectivity index (χ4v) is 3.39. The molecule has 0 radical (unpaired) electrons. The van der Waals surface area contributed by atoms with E-state index in [1.807, 2.05) is 18.2 Å². The number of hydrogen-bond acceptors (Lipinski definition) is 7. The summed E-state index contributed by atoms with van der Waals surface area (Å²) < 4.78 is 0.276. The van der Waals surface area contributed by atoms with Gasteiger partial charge in [0, 0.05) is 37.3 Å². The van der Waals surface area contributed by atoms with Crippen LogP contribution in [-0.2, 0) is 4.79 Å². The van der Waals surface area contributed by atoms with Crippen molar-refractivity contribution in [2.45, 2.75) is 33.6 Å². The summed E-state index contributed by atoms with van der Waals surface area (Å²) in [6.07, 6.45) is 1.29. The summed E-state index contributed by atoms with van der Waals surface area (Å²) in [4.78, 5) is 24.7. The number of nitrogens with zero attached hydrogens (tertiary/aromatic N) is 5. The Morgan fingerprint density at radius 3 is 2.58 bits per heavy atom. The maximum Gasteiger partial charge on any atom is 0.272 e. The lowest BCUT2D eigenvalue weighted by molar-refractivity contribution is -0.384. The summed E-state index contributed by atoms with van der Waals surface area (Å²) >= 11 is 3.22. The number of anilines is 2. The molecule has 31 heavy (non-hydrogen) atoms. The van der Waals surface area contributed by atoms with Crippen LogP contribution in [0.15, 0.2) is 45.0 Å². The van der Waals surface area contributed by atoms with Gasteiger partial charge in [0.1, 0.15) is 17.4 Å². The van der Waals surface area contributed by atoms with E-state index in [0.717, 1.165) is 31.3 Å². The third-order valence-corrected chi connectivity index (χ3v) is 5.06. The second kappa shape index (κ2) is 11.2. The van der Waals surface area contributed by atoms with Gasteiger partial charge in [-0.2, -0.15) is 5.26 Å². The Bertz CT molecular complexity index is 1050. The van der Waals surface area contributed by atoms with Crippen LogP contribution in [0.5, 0.6) is 0 Å². The molecule has 0 aromatic heterocycles. The number of rotatable bonds is 9. The lowest BCUT2D eigenvalue weighted by Gasteiger charge is -2.23. The monoisotopic (exact) mass is 486 g/mol. The van der Waals surface area contributed by atoms with E-state index in [-0.39, 0.29) is 27.3 Å². The van der Waals surface area contributed by atoms with E-state index in [4.69, 9.17) is 0 Å². The first-order chi connectivity index (χ1) is 14.8. The highest BCUT2D eigenvalue weighted by molar-refractivity contribution is 9.10. The number of halogens is 1. The summed E-state index contributed by atoms with van der Waals surface area (Å²) in [5.74, 6) is -0.165. The van der Waals surface area contributed by atoms with Gasteiger partial charge in [-0.15, -0.1) is 10.2 Å². The molecule has 0 saturated carbocycles. The van der Waals surface area contributed by atoms with E-state index in [0.29, 0.717) is 17.8 Å². The van der Waals surface area contributed by atoms with Crippen molar-refractivity contribution >= 4 is 50.3 Å². The van der Waals surface area contributed by atoms with Crippen LogP contribution < -0.4 is 10.2 Å². The molecule has 1 amide bonds. The normalized spacial score (nSPS) is 10.7. The fraction of sp³-hybridized carbons (Fsp3) is 0.333. The molecule has 9 nitrogen and oxygen atoms in total. The molecule has 2 aromatic rings. The van der Waals surface area contributed by atoms with E-state index < -0.39 is 4.92 Å². The Balaban J connectivity index is 2.50. The van der Waals surface area contributed by atoms with Crippen molar-refractivity contribution in [3.05, 3.63) is 50.5 Å². The zero-order chi connectivity index (χ0) is 23.0. The van der Waals surface area contributed by atoms with Crippen LogP contribution >= 0.6 is 15.9 Å². The largest absolute Gasteiger partial charge is 0.372 e. The number of benzene rings is 2. The number of hydrogen-bond donors (Lipinski definition) is 1. The highest BCUT2D eigenvalue weighted by Gasteiger charge is 2.16. The predicted octanol–water partition coefficient (Wildman–Crippen LogP) is 6.23. The third-order valence-electron chi connectivity index (χ3n) is 4.45. The number of nitrogens with one attached hydrogen (secondary N) is 1. The molecule has 1 N–H and O–H groups in total. The molecule has 0 aliphatic carbocycles. The van der Waals surface area contributed by atoms with Crippen LogP contribution in [0.3, 0.4) is 0 Å². The molecule has 0 heterocycles. The maximum atomic E-state index is 12.0. The van der Waals surface area contributed by atoms with E-state index in [1.165, 1.54) is 6.07 Å². The number of amides is 1. The van der Waals surface area contributed by atoms with Gasteiger partial charge in [-0.3, -0.25) is 14.9 Å². The van der Waals surface area contributed by atoms with Crippen LogP contribution in [0.25, 0.3) is 0 Å². The van der Waals surface area contributed by atoms with Gasteiger partial charge in [-0.05, 0) is 47.5 Å². The van der Waals surface area contributed by atoms with Crippen molar-refractivity contribution in [3.8, 4) is 6.07 Å². The standard InChI is InChI=1S/C21H23BrN6O3/c1-4-9-27(6-3)15-7-8-18(19(12-15)24-20(29)5-2)25-26-21-14(13-23)10-16(28(30)31)11-17(21)22/h7-8,10-12H,4-6,9H2,1-3H3,(H,24,29)/b26-25+. The Morgan fingerprint density at radius 1 is 1.26 bits per heavy atom. The van der Waals surface area contributed by atoms with E-state index >= 15 is 0 Å². The smallest absolute Gasteiger partial charge is 0.272 e. The minimum Gasteiger partial charge on any atom is -0.372 e. The minimum atomic E-state index is -0.584. The number of azo groups is 1. The number of carbonyl (C=O) groups is 1. The molecule has 0 atom stereocenters. The molecule has 0 unspecified atom stereocenters. The highest BCUT2D eigenvalue weighted by Crippen LogP contribution is 2.37. The van der Waals surface area contributed by atoms with Crippen molar-refractivity contribution in [1.82, 2.24) is 0 Å². The zero-order valence-electron chi connectivity index (χ0n) is 17.6. The maximum absolute atomic E-state index is 12.0. The summed E-state index contributed by atoms with van der Waals surface area (Å²) in [7, 11) is 0. The Kier molecular flexibility index (Phi) is 8.63. The van der Waals surface area contributed by atoms with Gasteiger partial charge in [-0.1, -0.05) is 13.8 Å². The van der Waals surface area contributed by atoms with Crippen LogP contribution in [0.1, 0.15) is 39.2 Å². The van der Waals surface area contributed by atoms with Gasteiger partial charge in [0.15, 0.2) is 0 Å². The summed E-state index contributed by atoms with van der Waals surface area (Å²) in [5, 5.41) is 31.6. The van der Waals surface area contributed by atoms with Gasteiger partial charge in [-0.25, -0.2) is 0 Å².